The molecule has 1 unspecified atom stereocenters. The number of benzene rings is 1. The second-order valence-corrected chi connectivity index (χ2v) is 4.61. The van der Waals surface area contributed by atoms with Crippen molar-refractivity contribution in [2.24, 2.45) is 0 Å². The van der Waals surface area contributed by atoms with Gasteiger partial charge in [-0.15, -0.1) is 13.2 Å². The van der Waals surface area contributed by atoms with Gasteiger partial charge >= 0.3 is 6.36 Å². The highest BCUT2D eigenvalue weighted by molar-refractivity contribution is 5.47. The summed E-state index contributed by atoms with van der Waals surface area (Å²) in [6.07, 6.45) is -2.64. The van der Waals surface area contributed by atoms with Gasteiger partial charge in [-0.3, -0.25) is 10.1 Å². The molecule has 1 aromatic rings. The maximum atomic E-state index is 12.4. The van der Waals surface area contributed by atoms with Crippen LogP contribution in [0.1, 0.15) is 5.56 Å². The van der Waals surface area contributed by atoms with Gasteiger partial charge in [-0.05, 0) is 12.1 Å². The number of ether oxygens (including phenoxy) is 2. The van der Waals surface area contributed by atoms with Crippen molar-refractivity contribution < 1.29 is 27.6 Å². The highest BCUT2D eigenvalue weighted by Crippen LogP contribution is 2.35. The molecular formula is C14H10F3N3O4. The lowest BCUT2D eigenvalue weighted by Crippen LogP contribution is -2.46. The summed E-state index contributed by atoms with van der Waals surface area (Å²) in [7, 11) is 1.27. The van der Waals surface area contributed by atoms with E-state index in [1.54, 1.807) is 6.07 Å². The lowest BCUT2D eigenvalue weighted by atomic mass is 9.86. The number of dihydropyridines is 1. The Bertz CT molecular complexity index is 767. The van der Waals surface area contributed by atoms with Crippen LogP contribution in [0.4, 0.5) is 13.2 Å². The average Bonchev–Trinajstić information content (AvgIpc) is 2.52. The van der Waals surface area contributed by atoms with E-state index in [1.807, 2.05) is 0 Å². The van der Waals surface area contributed by atoms with Crippen molar-refractivity contribution >= 4 is 0 Å². The van der Waals surface area contributed by atoms with Gasteiger partial charge in [0.25, 0.3) is 5.70 Å². The normalized spacial score (nSPS) is 20.1. The van der Waals surface area contributed by atoms with Crippen LogP contribution in [-0.2, 0) is 10.3 Å². The minimum absolute atomic E-state index is 0.0456. The van der Waals surface area contributed by atoms with Crippen LogP contribution in [0.2, 0.25) is 0 Å². The Hall–Kier alpha value is -3.22. The fourth-order valence-corrected chi connectivity index (χ4v) is 2.18. The lowest BCUT2D eigenvalue weighted by molar-refractivity contribution is -0.435. The molecule has 2 rings (SSSR count). The Morgan fingerprint density at radius 3 is 2.62 bits per heavy atom. The van der Waals surface area contributed by atoms with Crippen LogP contribution in [0.3, 0.4) is 0 Å². The molecule has 0 saturated carbocycles. The van der Waals surface area contributed by atoms with Crippen molar-refractivity contribution in [3.8, 4) is 11.8 Å². The van der Waals surface area contributed by atoms with E-state index < -0.39 is 28.3 Å². The molecule has 1 heterocycles. The van der Waals surface area contributed by atoms with Crippen LogP contribution in [0.5, 0.6) is 5.75 Å². The molecule has 0 aromatic heterocycles. The number of hydrogen-bond donors (Lipinski definition) is 1. The van der Waals surface area contributed by atoms with Crippen molar-refractivity contribution in [3.05, 3.63) is 63.7 Å². The summed E-state index contributed by atoms with van der Waals surface area (Å²) in [6.45, 7) is 0. The Kier molecular flexibility index (Phi) is 4.37. The number of nitro groups is 1. The van der Waals surface area contributed by atoms with E-state index >= 15 is 0 Å². The molecule has 1 aliphatic rings. The summed E-state index contributed by atoms with van der Waals surface area (Å²) in [4.78, 5) is 10.5. The zero-order chi connectivity index (χ0) is 18.0. The van der Waals surface area contributed by atoms with Crippen molar-refractivity contribution in [3.63, 3.8) is 0 Å². The number of allylic oxidation sites excluding steroid dienone is 2. The SMILES string of the molecule is COC1=CC=C([N+](=O)[O-])C(C#N)(c2cccc(OC(F)(F)F)c2)N1. The topological polar surface area (TPSA) is 97.4 Å². The Balaban J connectivity index is 2.56. The Morgan fingerprint density at radius 2 is 2.08 bits per heavy atom. The van der Waals surface area contributed by atoms with Crippen LogP contribution in [0.25, 0.3) is 0 Å². The number of halogens is 3. The highest BCUT2D eigenvalue weighted by atomic mass is 19.4. The van der Waals surface area contributed by atoms with E-state index in [0.717, 1.165) is 18.2 Å². The Labute approximate surface area is 133 Å². The van der Waals surface area contributed by atoms with Crippen LogP contribution in [-0.4, -0.2) is 18.4 Å². The molecule has 7 nitrogen and oxygen atoms in total. The van der Waals surface area contributed by atoms with Gasteiger partial charge in [0, 0.05) is 17.7 Å². The van der Waals surface area contributed by atoms with Gasteiger partial charge < -0.3 is 14.8 Å². The summed E-state index contributed by atoms with van der Waals surface area (Å²) in [6, 6.07) is 6.13. The van der Waals surface area contributed by atoms with E-state index in [1.165, 1.54) is 25.3 Å². The van der Waals surface area contributed by atoms with Gasteiger partial charge in [0.1, 0.15) is 11.8 Å². The zero-order valence-corrected chi connectivity index (χ0v) is 12.1. The molecule has 1 atom stereocenters. The van der Waals surface area contributed by atoms with Crippen LogP contribution in [0, 0.1) is 21.4 Å². The van der Waals surface area contributed by atoms with Crippen molar-refractivity contribution in [1.29, 1.82) is 5.26 Å². The number of nitriles is 1. The van der Waals surface area contributed by atoms with Crippen molar-refractivity contribution in [1.82, 2.24) is 5.32 Å². The van der Waals surface area contributed by atoms with Gasteiger partial charge in [-0.1, -0.05) is 12.1 Å². The molecule has 0 spiro atoms. The van der Waals surface area contributed by atoms with Gasteiger partial charge in [0.2, 0.25) is 5.54 Å². The third-order valence-corrected chi connectivity index (χ3v) is 3.17. The number of nitrogens with zero attached hydrogens (tertiary/aromatic N) is 2. The van der Waals surface area contributed by atoms with E-state index in [-0.39, 0.29) is 11.4 Å². The molecule has 0 amide bonds. The maximum Gasteiger partial charge on any atom is 0.573 e. The molecule has 24 heavy (non-hydrogen) atoms. The van der Waals surface area contributed by atoms with Gasteiger partial charge in [0.15, 0.2) is 5.88 Å². The highest BCUT2D eigenvalue weighted by Gasteiger charge is 2.48. The number of hydrogen-bond acceptors (Lipinski definition) is 6. The van der Waals surface area contributed by atoms with E-state index in [4.69, 9.17) is 4.74 Å². The fraction of sp³-hybridized carbons (Fsp3) is 0.214. The molecule has 0 saturated heterocycles. The van der Waals surface area contributed by atoms with Crippen molar-refractivity contribution in [2.75, 3.05) is 7.11 Å². The number of methoxy groups -OCH3 is 1. The standard InChI is InChI=1S/C14H10F3N3O4/c1-23-12-6-5-11(20(21)22)13(8-18,19-12)9-3-2-4-10(7-9)24-14(15,16)17/h2-7,19H,1H3. The molecule has 10 heteroatoms. The van der Waals surface area contributed by atoms with Gasteiger partial charge in [-0.25, -0.2) is 0 Å². The van der Waals surface area contributed by atoms with E-state index in [9.17, 15) is 28.5 Å². The second kappa shape index (κ2) is 6.11. The van der Waals surface area contributed by atoms with Crippen LogP contribution < -0.4 is 10.1 Å². The molecule has 0 bridgehead atoms. The first-order valence-corrected chi connectivity index (χ1v) is 6.38. The molecule has 0 fully saturated rings. The third kappa shape index (κ3) is 3.24. The molecule has 0 aliphatic carbocycles. The van der Waals surface area contributed by atoms with Crippen LogP contribution in [0.15, 0.2) is 48.0 Å². The zero-order valence-electron chi connectivity index (χ0n) is 12.1. The molecule has 126 valence electrons. The molecule has 1 aromatic carbocycles. The van der Waals surface area contributed by atoms with Crippen LogP contribution >= 0.6 is 0 Å². The molecule has 1 aliphatic heterocycles. The van der Waals surface area contributed by atoms with E-state index in [0.29, 0.717) is 0 Å². The minimum Gasteiger partial charge on any atom is -0.482 e. The largest absolute Gasteiger partial charge is 0.573 e. The number of alkyl halides is 3. The summed E-state index contributed by atoms with van der Waals surface area (Å²) in [5, 5.41) is 23.4. The molecule has 0 radical (unpaired) electrons. The average molecular weight is 341 g/mol. The first-order chi connectivity index (χ1) is 11.2. The fourth-order valence-electron chi connectivity index (χ4n) is 2.18. The monoisotopic (exact) mass is 341 g/mol. The van der Waals surface area contributed by atoms with Crippen molar-refractivity contribution in [2.45, 2.75) is 11.9 Å². The van der Waals surface area contributed by atoms with Gasteiger partial charge in [-0.2, -0.15) is 5.26 Å². The molecular weight excluding hydrogens is 331 g/mol. The second-order valence-electron chi connectivity index (χ2n) is 4.61. The number of nitrogens with one attached hydrogen (secondary N) is 1. The first kappa shape index (κ1) is 17.1. The first-order valence-electron chi connectivity index (χ1n) is 6.38. The number of rotatable bonds is 4. The predicted octanol–water partition coefficient (Wildman–Crippen LogP) is 2.56. The minimum atomic E-state index is -4.93. The lowest BCUT2D eigenvalue weighted by Gasteiger charge is -2.29. The smallest absolute Gasteiger partial charge is 0.482 e. The summed E-state index contributed by atoms with van der Waals surface area (Å²) in [5.41, 5.74) is -2.69. The van der Waals surface area contributed by atoms with Gasteiger partial charge in [0.05, 0.1) is 12.0 Å². The summed E-state index contributed by atoms with van der Waals surface area (Å²) in [5.74, 6) is -0.558. The summed E-state index contributed by atoms with van der Waals surface area (Å²) >= 11 is 0. The maximum absolute atomic E-state index is 12.4. The predicted molar refractivity (Wildman–Crippen MR) is 73.7 cm³/mol. The Morgan fingerprint density at radius 1 is 1.38 bits per heavy atom. The third-order valence-electron chi connectivity index (χ3n) is 3.17. The summed E-state index contributed by atoms with van der Waals surface area (Å²) < 4.78 is 45.8. The molecule has 1 N–H and O–H groups in total. The van der Waals surface area contributed by atoms with E-state index in [2.05, 4.69) is 10.1 Å². The quantitative estimate of drug-likeness (QED) is 0.668.